The standard InChI is InChI=1S/C16H29NO4/c1-2-7-17-14-5-6-16(20-9-10-21-16)11-15(14)19-12-13-4-3-8-18-13/h13-15,17H,2-12H2,1H3. The summed E-state index contributed by atoms with van der Waals surface area (Å²) in [4.78, 5) is 0. The molecular weight excluding hydrogens is 270 g/mol. The molecule has 3 rings (SSSR count). The van der Waals surface area contributed by atoms with Crippen molar-refractivity contribution >= 4 is 0 Å². The van der Waals surface area contributed by atoms with Crippen LogP contribution in [0.4, 0.5) is 0 Å². The van der Waals surface area contributed by atoms with Gasteiger partial charge in [0.15, 0.2) is 5.79 Å². The maximum atomic E-state index is 6.22. The molecule has 5 nitrogen and oxygen atoms in total. The van der Waals surface area contributed by atoms with Crippen molar-refractivity contribution in [2.24, 2.45) is 0 Å². The Labute approximate surface area is 127 Å². The zero-order valence-corrected chi connectivity index (χ0v) is 13.1. The van der Waals surface area contributed by atoms with E-state index in [1.54, 1.807) is 0 Å². The van der Waals surface area contributed by atoms with Gasteiger partial charge in [0.2, 0.25) is 0 Å². The van der Waals surface area contributed by atoms with Gasteiger partial charge in [-0.25, -0.2) is 0 Å². The van der Waals surface area contributed by atoms with Gasteiger partial charge in [-0.1, -0.05) is 6.92 Å². The van der Waals surface area contributed by atoms with Gasteiger partial charge in [0.1, 0.15) is 0 Å². The van der Waals surface area contributed by atoms with E-state index in [0.717, 1.165) is 51.7 Å². The van der Waals surface area contributed by atoms with Crippen LogP contribution in [0.25, 0.3) is 0 Å². The molecule has 3 aliphatic rings. The molecule has 1 spiro atoms. The van der Waals surface area contributed by atoms with Crippen LogP contribution in [0.15, 0.2) is 0 Å². The molecule has 3 atom stereocenters. The van der Waals surface area contributed by atoms with Crippen LogP contribution in [0.5, 0.6) is 0 Å². The number of hydrogen-bond donors (Lipinski definition) is 1. The predicted molar refractivity (Wildman–Crippen MR) is 79.3 cm³/mol. The molecule has 3 fully saturated rings. The topological polar surface area (TPSA) is 49.0 Å². The molecule has 0 radical (unpaired) electrons. The summed E-state index contributed by atoms with van der Waals surface area (Å²) in [6.45, 7) is 6.25. The quantitative estimate of drug-likeness (QED) is 0.811. The second kappa shape index (κ2) is 7.38. The molecule has 0 aromatic carbocycles. The normalized spacial score (nSPS) is 35.6. The first-order valence-electron chi connectivity index (χ1n) is 8.56. The Hall–Kier alpha value is -0.200. The Morgan fingerprint density at radius 1 is 1.19 bits per heavy atom. The van der Waals surface area contributed by atoms with Gasteiger partial charge in [0.25, 0.3) is 0 Å². The summed E-state index contributed by atoms with van der Waals surface area (Å²) in [5.41, 5.74) is 0. The van der Waals surface area contributed by atoms with Crippen molar-refractivity contribution in [3.05, 3.63) is 0 Å². The molecule has 3 unspecified atom stereocenters. The number of rotatable bonds is 6. The Kier molecular flexibility index (Phi) is 5.51. The van der Waals surface area contributed by atoms with Crippen molar-refractivity contribution in [2.45, 2.75) is 69.5 Å². The van der Waals surface area contributed by atoms with Gasteiger partial charge in [-0.3, -0.25) is 0 Å². The van der Waals surface area contributed by atoms with Crippen LogP contribution in [0.3, 0.4) is 0 Å². The fourth-order valence-electron chi connectivity index (χ4n) is 3.62. The van der Waals surface area contributed by atoms with Crippen molar-refractivity contribution in [1.82, 2.24) is 5.32 Å². The highest BCUT2D eigenvalue weighted by molar-refractivity contribution is 4.92. The largest absolute Gasteiger partial charge is 0.376 e. The number of nitrogens with one attached hydrogen (secondary N) is 1. The van der Waals surface area contributed by atoms with Crippen molar-refractivity contribution in [3.8, 4) is 0 Å². The molecule has 1 aliphatic carbocycles. The summed E-state index contributed by atoms with van der Waals surface area (Å²) in [7, 11) is 0. The van der Waals surface area contributed by atoms with E-state index < -0.39 is 0 Å². The molecule has 0 aromatic heterocycles. The molecule has 1 saturated carbocycles. The van der Waals surface area contributed by atoms with Crippen LogP contribution in [0, 0.1) is 0 Å². The van der Waals surface area contributed by atoms with Crippen LogP contribution in [0.2, 0.25) is 0 Å². The Morgan fingerprint density at radius 2 is 2.05 bits per heavy atom. The summed E-state index contributed by atoms with van der Waals surface area (Å²) in [5.74, 6) is -0.383. The van der Waals surface area contributed by atoms with Gasteiger partial charge in [-0.2, -0.15) is 0 Å². The minimum Gasteiger partial charge on any atom is -0.376 e. The third-order valence-corrected chi connectivity index (χ3v) is 4.79. The lowest BCUT2D eigenvalue weighted by Gasteiger charge is -2.41. The summed E-state index contributed by atoms with van der Waals surface area (Å²) in [5, 5.41) is 3.63. The van der Waals surface area contributed by atoms with Gasteiger partial charge in [0.05, 0.1) is 32.0 Å². The summed E-state index contributed by atoms with van der Waals surface area (Å²) in [6.07, 6.45) is 6.72. The molecule has 122 valence electrons. The number of hydrogen-bond acceptors (Lipinski definition) is 5. The van der Waals surface area contributed by atoms with E-state index in [2.05, 4.69) is 12.2 Å². The van der Waals surface area contributed by atoms with Gasteiger partial charge in [-0.15, -0.1) is 0 Å². The lowest BCUT2D eigenvalue weighted by atomic mass is 9.87. The van der Waals surface area contributed by atoms with Crippen LogP contribution >= 0.6 is 0 Å². The van der Waals surface area contributed by atoms with Crippen LogP contribution in [0.1, 0.15) is 45.4 Å². The van der Waals surface area contributed by atoms with E-state index in [1.165, 1.54) is 0 Å². The third kappa shape index (κ3) is 3.96. The monoisotopic (exact) mass is 299 g/mol. The lowest BCUT2D eigenvalue weighted by molar-refractivity contribution is -0.209. The minimum atomic E-state index is -0.383. The average Bonchev–Trinajstić information content (AvgIpc) is 3.16. The van der Waals surface area contributed by atoms with E-state index in [9.17, 15) is 0 Å². The van der Waals surface area contributed by atoms with Crippen molar-refractivity contribution in [1.29, 1.82) is 0 Å². The maximum Gasteiger partial charge on any atom is 0.171 e. The van der Waals surface area contributed by atoms with E-state index in [0.29, 0.717) is 25.9 Å². The molecular formula is C16H29NO4. The summed E-state index contributed by atoms with van der Waals surface area (Å²) < 4.78 is 23.6. The molecule has 0 bridgehead atoms. The lowest BCUT2D eigenvalue weighted by Crippen LogP contribution is -2.52. The number of ether oxygens (including phenoxy) is 4. The van der Waals surface area contributed by atoms with E-state index in [-0.39, 0.29) is 18.0 Å². The second-order valence-electron chi connectivity index (χ2n) is 6.42. The Morgan fingerprint density at radius 3 is 2.76 bits per heavy atom. The molecule has 2 aliphatic heterocycles. The highest BCUT2D eigenvalue weighted by Gasteiger charge is 2.45. The van der Waals surface area contributed by atoms with Crippen LogP contribution in [-0.2, 0) is 18.9 Å². The van der Waals surface area contributed by atoms with Crippen molar-refractivity contribution < 1.29 is 18.9 Å². The molecule has 21 heavy (non-hydrogen) atoms. The Bertz CT molecular complexity index is 313. The first-order chi connectivity index (χ1) is 10.3. The highest BCUT2D eigenvalue weighted by Crippen LogP contribution is 2.37. The van der Waals surface area contributed by atoms with Gasteiger partial charge < -0.3 is 24.3 Å². The molecule has 1 N–H and O–H groups in total. The smallest absolute Gasteiger partial charge is 0.171 e. The fourth-order valence-corrected chi connectivity index (χ4v) is 3.62. The first kappa shape index (κ1) is 15.7. The maximum absolute atomic E-state index is 6.22. The van der Waals surface area contributed by atoms with Crippen LogP contribution in [-0.4, -0.2) is 57.0 Å². The average molecular weight is 299 g/mol. The Balaban J connectivity index is 1.55. The molecule has 2 saturated heterocycles. The summed E-state index contributed by atoms with van der Waals surface area (Å²) in [6, 6.07) is 0.407. The molecule has 2 heterocycles. The predicted octanol–water partition coefficient (Wildman–Crippen LogP) is 1.85. The van der Waals surface area contributed by atoms with E-state index >= 15 is 0 Å². The zero-order chi connectivity index (χ0) is 14.5. The van der Waals surface area contributed by atoms with Gasteiger partial charge in [0, 0.05) is 25.5 Å². The molecule has 0 amide bonds. The van der Waals surface area contributed by atoms with Gasteiger partial charge in [-0.05, 0) is 32.2 Å². The third-order valence-electron chi connectivity index (χ3n) is 4.79. The molecule has 0 aromatic rings. The minimum absolute atomic E-state index is 0.160. The van der Waals surface area contributed by atoms with E-state index in [1.807, 2.05) is 0 Å². The SMILES string of the molecule is CCCNC1CCC2(CC1OCC1CCCO1)OCCO2. The van der Waals surface area contributed by atoms with Crippen LogP contribution < -0.4 is 5.32 Å². The second-order valence-corrected chi connectivity index (χ2v) is 6.42. The van der Waals surface area contributed by atoms with Gasteiger partial charge >= 0.3 is 0 Å². The highest BCUT2D eigenvalue weighted by atomic mass is 16.7. The summed E-state index contributed by atoms with van der Waals surface area (Å²) >= 11 is 0. The zero-order valence-electron chi connectivity index (χ0n) is 13.1. The van der Waals surface area contributed by atoms with Crippen molar-refractivity contribution in [2.75, 3.05) is 33.0 Å². The van der Waals surface area contributed by atoms with E-state index in [4.69, 9.17) is 18.9 Å². The molecule has 5 heteroatoms. The first-order valence-corrected chi connectivity index (χ1v) is 8.56. The fraction of sp³-hybridized carbons (Fsp3) is 1.00. The van der Waals surface area contributed by atoms with Crippen molar-refractivity contribution in [3.63, 3.8) is 0 Å².